The number of carbonyl (C=O) groups excluding carboxylic acids is 1. The first-order chi connectivity index (χ1) is 8.58. The van der Waals surface area contributed by atoms with Gasteiger partial charge in [0.05, 0.1) is 5.02 Å². The van der Waals surface area contributed by atoms with Crippen molar-refractivity contribution in [1.82, 2.24) is 0 Å². The van der Waals surface area contributed by atoms with Crippen LogP contribution in [0.15, 0.2) is 34.7 Å². The molecule has 2 rings (SSSR count). The van der Waals surface area contributed by atoms with Crippen LogP contribution in [0.5, 0.6) is 5.75 Å². The zero-order valence-corrected chi connectivity index (χ0v) is 10.4. The fourth-order valence-electron chi connectivity index (χ4n) is 1.51. The van der Waals surface area contributed by atoms with E-state index in [1.165, 1.54) is 12.1 Å². The number of carboxylic acids is 1. The maximum Gasteiger partial charge on any atom is 0.149 e. The van der Waals surface area contributed by atoms with Crippen LogP contribution in [0.4, 0.5) is 0 Å². The lowest BCUT2D eigenvalue weighted by Gasteiger charge is -2.09. The topological polar surface area (TPSA) is 62.5 Å². The fourth-order valence-corrected chi connectivity index (χ4v) is 1.78. The number of hydrogen-bond acceptors (Lipinski definition) is 4. The number of carboxylic acid groups (broad SMARTS) is 1. The van der Waals surface area contributed by atoms with Gasteiger partial charge in [0.2, 0.25) is 0 Å². The van der Waals surface area contributed by atoms with Gasteiger partial charge >= 0.3 is 0 Å². The second kappa shape index (κ2) is 5.14. The summed E-state index contributed by atoms with van der Waals surface area (Å²) in [6.07, 6.45) is 0. The van der Waals surface area contributed by atoms with Crippen molar-refractivity contribution in [3.8, 4) is 5.75 Å². The summed E-state index contributed by atoms with van der Waals surface area (Å²) in [6, 6.07) is 8.27. The summed E-state index contributed by atoms with van der Waals surface area (Å²) in [5, 5.41) is 11.0. The van der Waals surface area contributed by atoms with Gasteiger partial charge < -0.3 is 19.1 Å². The van der Waals surface area contributed by atoms with Crippen molar-refractivity contribution in [2.75, 3.05) is 0 Å². The highest BCUT2D eigenvalue weighted by atomic mass is 35.5. The number of aromatic carboxylic acids is 1. The monoisotopic (exact) mass is 265 g/mol. The number of rotatable bonds is 4. The molecule has 1 aromatic carbocycles. The third-order valence-electron chi connectivity index (χ3n) is 2.39. The Bertz CT molecular complexity index is 554. The van der Waals surface area contributed by atoms with Crippen LogP contribution in [-0.2, 0) is 6.61 Å². The zero-order valence-electron chi connectivity index (χ0n) is 9.60. The molecule has 0 aliphatic carbocycles. The van der Waals surface area contributed by atoms with Gasteiger partial charge in [-0.3, -0.25) is 0 Å². The summed E-state index contributed by atoms with van der Waals surface area (Å²) in [6.45, 7) is 1.98. The fraction of sp³-hybridized carbons (Fsp3) is 0.154. The Balaban J connectivity index is 2.09. The summed E-state index contributed by atoms with van der Waals surface area (Å²) in [5.74, 6) is -0.612. The summed E-state index contributed by atoms with van der Waals surface area (Å²) in [7, 11) is 0. The van der Waals surface area contributed by atoms with Crippen molar-refractivity contribution in [1.29, 1.82) is 0 Å². The lowest BCUT2D eigenvalue weighted by Crippen LogP contribution is -2.21. The number of para-hydroxylation sites is 1. The highest BCUT2D eigenvalue weighted by Gasteiger charge is 2.07. The minimum Gasteiger partial charge on any atom is -0.542 e. The highest BCUT2D eigenvalue weighted by Crippen LogP contribution is 2.28. The van der Waals surface area contributed by atoms with Gasteiger partial charge in [-0.1, -0.05) is 23.7 Å². The van der Waals surface area contributed by atoms with Gasteiger partial charge in [-0.2, -0.15) is 0 Å². The van der Waals surface area contributed by atoms with E-state index in [0.29, 0.717) is 16.5 Å². The van der Waals surface area contributed by atoms with E-state index >= 15 is 0 Å². The van der Waals surface area contributed by atoms with E-state index in [1.54, 1.807) is 6.07 Å². The van der Waals surface area contributed by atoms with Crippen LogP contribution in [0.3, 0.4) is 0 Å². The molecule has 0 spiro atoms. The van der Waals surface area contributed by atoms with Crippen molar-refractivity contribution < 1.29 is 19.1 Å². The Labute approximate surface area is 109 Å². The van der Waals surface area contributed by atoms with Gasteiger partial charge in [0.1, 0.15) is 29.8 Å². The molecule has 2 aromatic rings. The maximum atomic E-state index is 10.5. The quantitative estimate of drug-likeness (QED) is 0.850. The summed E-state index contributed by atoms with van der Waals surface area (Å²) < 4.78 is 10.5. The molecule has 0 saturated carbocycles. The zero-order chi connectivity index (χ0) is 13.1. The van der Waals surface area contributed by atoms with Crippen LogP contribution in [-0.4, -0.2) is 5.97 Å². The summed E-state index contributed by atoms with van der Waals surface area (Å²) in [5.41, 5.74) is 0.897. The standard InChI is InChI=1S/C13H11ClO4/c1-8-3-2-4-10(14)12(8)17-7-9-5-6-11(18-9)13(15)16/h2-6H,7H2,1H3,(H,15,16)/p-1. The van der Waals surface area contributed by atoms with Crippen LogP contribution in [0.25, 0.3) is 0 Å². The Hall–Kier alpha value is -1.94. The van der Waals surface area contributed by atoms with Crippen molar-refractivity contribution in [3.63, 3.8) is 0 Å². The largest absolute Gasteiger partial charge is 0.542 e. The smallest absolute Gasteiger partial charge is 0.149 e. The number of furan rings is 1. The minimum atomic E-state index is -1.35. The predicted octanol–water partition coefficient (Wildman–Crippen LogP) is 2.18. The number of ether oxygens (including phenoxy) is 1. The van der Waals surface area contributed by atoms with E-state index < -0.39 is 5.97 Å². The number of aryl methyl sites for hydroxylation is 1. The van der Waals surface area contributed by atoms with E-state index in [0.717, 1.165) is 5.56 Å². The molecule has 5 heteroatoms. The molecule has 0 bridgehead atoms. The van der Waals surface area contributed by atoms with Crippen LogP contribution in [0, 0.1) is 6.92 Å². The first-order valence-corrected chi connectivity index (χ1v) is 5.63. The van der Waals surface area contributed by atoms with Crippen molar-refractivity contribution in [2.45, 2.75) is 13.5 Å². The van der Waals surface area contributed by atoms with Gasteiger partial charge in [-0.25, -0.2) is 0 Å². The van der Waals surface area contributed by atoms with Gasteiger partial charge in [-0.15, -0.1) is 0 Å². The molecule has 0 aliphatic heterocycles. The number of carbonyl (C=O) groups is 1. The molecular weight excluding hydrogens is 256 g/mol. The van der Waals surface area contributed by atoms with Crippen molar-refractivity contribution in [3.05, 3.63) is 52.4 Å². The summed E-state index contributed by atoms with van der Waals surface area (Å²) >= 11 is 5.99. The van der Waals surface area contributed by atoms with Gasteiger partial charge in [-0.05, 0) is 30.7 Å². The Morgan fingerprint density at radius 1 is 1.39 bits per heavy atom. The molecule has 1 aromatic heterocycles. The van der Waals surface area contributed by atoms with Crippen LogP contribution >= 0.6 is 11.6 Å². The average Bonchev–Trinajstić information content (AvgIpc) is 2.77. The second-order valence-electron chi connectivity index (χ2n) is 3.73. The molecule has 0 radical (unpaired) electrons. The molecule has 0 unspecified atom stereocenters. The van der Waals surface area contributed by atoms with E-state index in [-0.39, 0.29) is 12.4 Å². The van der Waals surface area contributed by atoms with Gasteiger partial charge in [0.25, 0.3) is 0 Å². The summed E-state index contributed by atoms with van der Waals surface area (Å²) in [4.78, 5) is 10.5. The first kappa shape index (κ1) is 12.5. The van der Waals surface area contributed by atoms with Crippen molar-refractivity contribution >= 4 is 17.6 Å². The van der Waals surface area contributed by atoms with E-state index in [9.17, 15) is 9.90 Å². The first-order valence-electron chi connectivity index (χ1n) is 5.26. The van der Waals surface area contributed by atoms with E-state index in [2.05, 4.69) is 0 Å². The van der Waals surface area contributed by atoms with Crippen LogP contribution < -0.4 is 9.84 Å². The SMILES string of the molecule is Cc1cccc(Cl)c1OCc1ccc(C(=O)[O-])o1. The van der Waals surface area contributed by atoms with Crippen LogP contribution in [0.2, 0.25) is 5.02 Å². The normalized spacial score (nSPS) is 10.3. The Kier molecular flexibility index (Phi) is 3.58. The average molecular weight is 266 g/mol. The lowest BCUT2D eigenvalue weighted by molar-refractivity contribution is -0.257. The third-order valence-corrected chi connectivity index (χ3v) is 2.68. The molecule has 18 heavy (non-hydrogen) atoms. The predicted molar refractivity (Wildman–Crippen MR) is 63.6 cm³/mol. The number of halogens is 1. The van der Waals surface area contributed by atoms with Crippen molar-refractivity contribution in [2.24, 2.45) is 0 Å². The minimum absolute atomic E-state index is 0.109. The lowest BCUT2D eigenvalue weighted by atomic mass is 10.2. The van der Waals surface area contributed by atoms with Crippen LogP contribution in [0.1, 0.15) is 21.9 Å². The molecule has 0 amide bonds. The maximum absolute atomic E-state index is 10.5. The number of hydrogen-bond donors (Lipinski definition) is 0. The van der Waals surface area contributed by atoms with Gasteiger partial charge in [0, 0.05) is 0 Å². The van der Waals surface area contributed by atoms with E-state index in [1.807, 2.05) is 19.1 Å². The highest BCUT2D eigenvalue weighted by molar-refractivity contribution is 6.32. The van der Waals surface area contributed by atoms with Gasteiger partial charge in [0.15, 0.2) is 0 Å². The van der Waals surface area contributed by atoms with E-state index in [4.69, 9.17) is 20.8 Å². The molecular formula is C13H10ClO4-. The third kappa shape index (κ3) is 2.65. The molecule has 94 valence electrons. The molecule has 0 N–H and O–H groups in total. The Morgan fingerprint density at radius 3 is 2.78 bits per heavy atom. The molecule has 0 atom stereocenters. The molecule has 0 fully saturated rings. The molecule has 0 aliphatic rings. The number of benzene rings is 1. The molecule has 1 heterocycles. The molecule has 4 nitrogen and oxygen atoms in total. The second-order valence-corrected chi connectivity index (χ2v) is 4.14. The molecule has 0 saturated heterocycles. The Morgan fingerprint density at radius 2 is 2.17 bits per heavy atom.